The summed E-state index contributed by atoms with van der Waals surface area (Å²) in [4.78, 5) is 38.5. The SMILES string of the molecule is Cc1cc(N2CCC(NC(=O)OCC3CCOC3)CC2)cc2[nH]c(-c3c(NCC(O)c4cccc(Cl)c4)cc[nH]c3=O)nc12. The van der Waals surface area contributed by atoms with Crippen LogP contribution < -0.4 is 21.1 Å². The summed E-state index contributed by atoms with van der Waals surface area (Å²) in [5.41, 5.74) is 4.94. The molecule has 4 aromatic rings. The van der Waals surface area contributed by atoms with Gasteiger partial charge < -0.3 is 40.1 Å². The van der Waals surface area contributed by atoms with Gasteiger partial charge in [0.25, 0.3) is 5.56 Å². The number of aliphatic hydroxyl groups excluding tert-OH is 1. The van der Waals surface area contributed by atoms with E-state index in [1.807, 2.05) is 6.92 Å². The summed E-state index contributed by atoms with van der Waals surface area (Å²) in [7, 11) is 0. The van der Waals surface area contributed by atoms with Crippen molar-refractivity contribution in [3.8, 4) is 11.4 Å². The molecule has 0 radical (unpaired) electrons. The van der Waals surface area contributed by atoms with Crippen molar-refractivity contribution in [2.45, 2.75) is 38.3 Å². The van der Waals surface area contributed by atoms with Crippen LogP contribution in [0.15, 0.2) is 53.5 Å². The normalized spacial score (nSPS) is 18.0. The van der Waals surface area contributed by atoms with E-state index in [1.54, 1.807) is 36.5 Å². The van der Waals surface area contributed by atoms with E-state index < -0.39 is 6.10 Å². The molecule has 2 saturated heterocycles. The zero-order chi connectivity index (χ0) is 30.6. The molecule has 6 rings (SSSR count). The summed E-state index contributed by atoms with van der Waals surface area (Å²) in [5, 5.41) is 17.5. The van der Waals surface area contributed by atoms with Gasteiger partial charge in [0.15, 0.2) is 0 Å². The number of piperidine rings is 1. The molecule has 2 fully saturated rings. The number of hydrogen-bond donors (Lipinski definition) is 5. The molecule has 0 bridgehead atoms. The lowest BCUT2D eigenvalue weighted by Gasteiger charge is -2.34. The van der Waals surface area contributed by atoms with Crippen molar-refractivity contribution in [2.24, 2.45) is 5.92 Å². The molecular weight excluding hydrogens is 584 g/mol. The van der Waals surface area contributed by atoms with Gasteiger partial charge in [-0.15, -0.1) is 0 Å². The van der Waals surface area contributed by atoms with Crippen molar-refractivity contribution >= 4 is 40.1 Å². The number of ether oxygens (including phenoxy) is 2. The highest BCUT2D eigenvalue weighted by Crippen LogP contribution is 2.31. The molecule has 1 amide bonds. The number of fused-ring (bicyclic) bond motifs is 1. The number of aliphatic hydroxyl groups is 1. The fourth-order valence-electron chi connectivity index (χ4n) is 5.87. The molecule has 2 aliphatic heterocycles. The zero-order valence-corrected chi connectivity index (χ0v) is 25.3. The molecule has 0 aliphatic carbocycles. The fraction of sp³-hybridized carbons (Fsp3) is 0.406. The first-order valence-electron chi connectivity index (χ1n) is 15.0. The molecule has 232 valence electrons. The van der Waals surface area contributed by atoms with Crippen molar-refractivity contribution in [2.75, 3.05) is 49.7 Å². The minimum atomic E-state index is -0.821. The summed E-state index contributed by atoms with van der Waals surface area (Å²) in [6.07, 6.45) is 2.93. The van der Waals surface area contributed by atoms with Gasteiger partial charge in [0.05, 0.1) is 36.0 Å². The molecular formula is C32H37ClN6O5. The maximum atomic E-state index is 13.0. The average Bonchev–Trinajstić information content (AvgIpc) is 3.70. The van der Waals surface area contributed by atoms with Gasteiger partial charge in [0.2, 0.25) is 0 Å². The van der Waals surface area contributed by atoms with Gasteiger partial charge in [-0.1, -0.05) is 23.7 Å². The van der Waals surface area contributed by atoms with Gasteiger partial charge in [-0.05, 0) is 67.6 Å². The van der Waals surface area contributed by atoms with E-state index in [9.17, 15) is 14.7 Å². The molecule has 2 aliphatic rings. The van der Waals surface area contributed by atoms with Crippen LogP contribution in [0.4, 0.5) is 16.2 Å². The molecule has 4 heterocycles. The quantitative estimate of drug-likeness (QED) is 0.180. The molecule has 0 saturated carbocycles. The van der Waals surface area contributed by atoms with Crippen LogP contribution in [-0.4, -0.2) is 71.6 Å². The average molecular weight is 621 g/mol. The van der Waals surface area contributed by atoms with Gasteiger partial charge in [0.1, 0.15) is 11.4 Å². The maximum Gasteiger partial charge on any atom is 0.407 e. The van der Waals surface area contributed by atoms with Gasteiger partial charge in [0, 0.05) is 55.1 Å². The Labute approximate surface area is 259 Å². The predicted molar refractivity (Wildman–Crippen MR) is 170 cm³/mol. The van der Waals surface area contributed by atoms with Crippen LogP contribution in [0.1, 0.15) is 36.5 Å². The number of H-pyrrole nitrogens is 2. The van der Waals surface area contributed by atoms with Crippen molar-refractivity contribution in [1.82, 2.24) is 20.3 Å². The Morgan fingerprint density at radius 1 is 1.23 bits per heavy atom. The molecule has 5 N–H and O–H groups in total. The lowest BCUT2D eigenvalue weighted by atomic mass is 10.0. The number of halogens is 1. The molecule has 2 aromatic carbocycles. The smallest absolute Gasteiger partial charge is 0.407 e. The Bertz CT molecular complexity index is 1680. The molecule has 0 spiro atoms. The number of aromatic nitrogens is 3. The van der Waals surface area contributed by atoms with Crippen molar-refractivity contribution in [1.29, 1.82) is 0 Å². The highest BCUT2D eigenvalue weighted by atomic mass is 35.5. The number of aryl methyl sites for hydroxylation is 1. The van der Waals surface area contributed by atoms with E-state index in [0.29, 0.717) is 46.8 Å². The van der Waals surface area contributed by atoms with Crippen molar-refractivity contribution in [3.05, 3.63) is 75.2 Å². The number of hydrogen-bond acceptors (Lipinski definition) is 8. The highest BCUT2D eigenvalue weighted by molar-refractivity contribution is 6.30. The fourth-order valence-corrected chi connectivity index (χ4v) is 6.07. The highest BCUT2D eigenvalue weighted by Gasteiger charge is 2.24. The Hall–Kier alpha value is -4.06. The van der Waals surface area contributed by atoms with E-state index in [1.165, 1.54) is 0 Å². The number of benzene rings is 2. The third-order valence-electron chi connectivity index (χ3n) is 8.34. The number of nitrogens with one attached hydrogen (secondary N) is 4. The Kier molecular flexibility index (Phi) is 9.06. The first kappa shape index (κ1) is 30.0. The van der Waals surface area contributed by atoms with E-state index >= 15 is 0 Å². The number of rotatable bonds is 9. The van der Waals surface area contributed by atoms with Gasteiger partial charge in [-0.25, -0.2) is 9.78 Å². The monoisotopic (exact) mass is 620 g/mol. The van der Waals surface area contributed by atoms with E-state index in [-0.39, 0.29) is 24.2 Å². The second-order valence-corrected chi connectivity index (χ2v) is 12.0. The molecule has 2 aromatic heterocycles. The predicted octanol–water partition coefficient (Wildman–Crippen LogP) is 4.76. The molecule has 12 heteroatoms. The summed E-state index contributed by atoms with van der Waals surface area (Å²) < 4.78 is 10.8. The molecule has 11 nitrogen and oxygen atoms in total. The van der Waals surface area contributed by atoms with Crippen LogP contribution >= 0.6 is 11.6 Å². The number of pyridine rings is 1. The Morgan fingerprint density at radius 2 is 2.07 bits per heavy atom. The van der Waals surface area contributed by atoms with Crippen LogP contribution in [0.3, 0.4) is 0 Å². The Morgan fingerprint density at radius 3 is 2.84 bits per heavy atom. The zero-order valence-electron chi connectivity index (χ0n) is 24.6. The van der Waals surface area contributed by atoms with Crippen LogP contribution in [0.25, 0.3) is 22.4 Å². The summed E-state index contributed by atoms with van der Waals surface area (Å²) in [5.74, 6) is 0.729. The van der Waals surface area contributed by atoms with Crippen LogP contribution in [0.5, 0.6) is 0 Å². The number of carbonyl (C=O) groups is 1. The lowest BCUT2D eigenvalue weighted by Crippen LogP contribution is -2.45. The minimum absolute atomic E-state index is 0.0651. The second-order valence-electron chi connectivity index (χ2n) is 11.5. The van der Waals surface area contributed by atoms with Crippen molar-refractivity contribution in [3.63, 3.8) is 0 Å². The van der Waals surface area contributed by atoms with Gasteiger partial charge >= 0.3 is 6.09 Å². The number of nitrogens with zero attached hydrogens (tertiary/aromatic N) is 2. The summed E-state index contributed by atoms with van der Waals surface area (Å²) >= 11 is 6.08. The number of anilines is 2. The molecule has 2 atom stereocenters. The number of alkyl carbamates (subject to hydrolysis) is 1. The lowest BCUT2D eigenvalue weighted by molar-refractivity contribution is 0.113. The van der Waals surface area contributed by atoms with Gasteiger partial charge in [-0.2, -0.15) is 0 Å². The topological polar surface area (TPSA) is 145 Å². The summed E-state index contributed by atoms with van der Waals surface area (Å²) in [6.45, 7) is 5.54. The van der Waals surface area contributed by atoms with Gasteiger partial charge in [-0.3, -0.25) is 4.79 Å². The van der Waals surface area contributed by atoms with E-state index in [4.69, 9.17) is 26.1 Å². The van der Waals surface area contributed by atoms with Crippen LogP contribution in [-0.2, 0) is 9.47 Å². The number of aromatic amines is 2. The minimum Gasteiger partial charge on any atom is -0.449 e. The number of imidazole rings is 1. The third-order valence-corrected chi connectivity index (χ3v) is 8.57. The van der Waals surface area contributed by atoms with Crippen LogP contribution in [0.2, 0.25) is 5.02 Å². The molecule has 44 heavy (non-hydrogen) atoms. The molecule has 2 unspecified atom stereocenters. The second kappa shape index (κ2) is 13.3. The van der Waals surface area contributed by atoms with E-state index in [2.05, 4.69) is 37.6 Å². The third kappa shape index (κ3) is 6.85. The van der Waals surface area contributed by atoms with E-state index in [0.717, 1.165) is 61.2 Å². The standard InChI is InChI=1S/C32H37ClN6O5/c1-19-13-24(39-10-6-23(7-11-39)36-32(42)44-18-20-8-12-43-17-20)15-26-29(19)38-30(37-26)28-25(5-9-34-31(28)41)35-16-27(40)21-3-2-4-22(33)14-21/h2-5,9,13-15,20,23,27,40H,6-8,10-12,16-18H2,1H3,(H,36,42)(H,37,38)(H2,34,35,41). The first-order chi connectivity index (χ1) is 21.3. The summed E-state index contributed by atoms with van der Waals surface area (Å²) in [6, 6.07) is 13.0. The number of amides is 1. The largest absolute Gasteiger partial charge is 0.449 e. The maximum absolute atomic E-state index is 13.0. The number of carbonyl (C=O) groups excluding carboxylic acids is 1. The first-order valence-corrected chi connectivity index (χ1v) is 15.4. The Balaban J connectivity index is 1.12. The van der Waals surface area contributed by atoms with Crippen molar-refractivity contribution < 1.29 is 19.4 Å². The van der Waals surface area contributed by atoms with Crippen LogP contribution in [0, 0.1) is 12.8 Å².